The third-order valence-electron chi connectivity index (χ3n) is 3.75. The molecule has 2 aromatic carbocycles. The molecule has 0 saturated carbocycles. The van der Waals surface area contributed by atoms with Crippen LogP contribution in [0.5, 0.6) is 0 Å². The SMILES string of the molecule is O=C(CCn1cnc2ccccc21)Nc1nc2ccccc2[nH]1. The number of carbonyl (C=O) groups excluding carboxylic acids is 1. The average molecular weight is 305 g/mol. The molecule has 114 valence electrons. The molecule has 6 nitrogen and oxygen atoms in total. The van der Waals surface area contributed by atoms with E-state index in [0.29, 0.717) is 18.9 Å². The van der Waals surface area contributed by atoms with Gasteiger partial charge in [-0.2, -0.15) is 0 Å². The van der Waals surface area contributed by atoms with Crippen LogP contribution in [0.3, 0.4) is 0 Å². The molecule has 0 saturated heterocycles. The van der Waals surface area contributed by atoms with E-state index in [2.05, 4.69) is 20.3 Å². The van der Waals surface area contributed by atoms with E-state index in [0.717, 1.165) is 22.1 Å². The van der Waals surface area contributed by atoms with Crippen molar-refractivity contribution in [1.29, 1.82) is 0 Å². The first-order chi connectivity index (χ1) is 11.3. The number of aromatic nitrogens is 4. The number of para-hydroxylation sites is 4. The summed E-state index contributed by atoms with van der Waals surface area (Å²) in [5.74, 6) is 0.397. The Morgan fingerprint density at radius 1 is 1.09 bits per heavy atom. The summed E-state index contributed by atoms with van der Waals surface area (Å²) in [6, 6.07) is 15.5. The summed E-state index contributed by atoms with van der Waals surface area (Å²) in [4.78, 5) is 23.9. The highest BCUT2D eigenvalue weighted by Gasteiger charge is 2.08. The third kappa shape index (κ3) is 2.66. The molecule has 2 heterocycles. The van der Waals surface area contributed by atoms with E-state index in [-0.39, 0.29) is 5.91 Å². The van der Waals surface area contributed by atoms with Crippen LogP contribution in [0.4, 0.5) is 5.95 Å². The van der Waals surface area contributed by atoms with Gasteiger partial charge < -0.3 is 9.55 Å². The predicted octanol–water partition coefficient (Wildman–Crippen LogP) is 2.94. The van der Waals surface area contributed by atoms with Gasteiger partial charge in [0.15, 0.2) is 0 Å². The van der Waals surface area contributed by atoms with Gasteiger partial charge in [0, 0.05) is 13.0 Å². The smallest absolute Gasteiger partial charge is 0.228 e. The van der Waals surface area contributed by atoms with Gasteiger partial charge in [0.05, 0.1) is 28.4 Å². The fourth-order valence-corrected chi connectivity index (χ4v) is 2.62. The van der Waals surface area contributed by atoms with Gasteiger partial charge in [-0.05, 0) is 24.3 Å². The quantitative estimate of drug-likeness (QED) is 0.608. The maximum absolute atomic E-state index is 12.1. The monoisotopic (exact) mass is 305 g/mol. The molecular formula is C17H15N5O. The predicted molar refractivity (Wildman–Crippen MR) is 89.1 cm³/mol. The fraction of sp³-hybridized carbons (Fsp3) is 0.118. The molecule has 0 atom stereocenters. The van der Waals surface area contributed by atoms with Gasteiger partial charge in [-0.3, -0.25) is 10.1 Å². The van der Waals surface area contributed by atoms with Crippen LogP contribution in [0.1, 0.15) is 6.42 Å². The van der Waals surface area contributed by atoms with Crippen molar-refractivity contribution in [1.82, 2.24) is 19.5 Å². The number of nitrogens with zero attached hydrogens (tertiary/aromatic N) is 3. The van der Waals surface area contributed by atoms with Gasteiger partial charge in [-0.15, -0.1) is 0 Å². The maximum Gasteiger partial charge on any atom is 0.228 e. The first kappa shape index (κ1) is 13.5. The zero-order chi connectivity index (χ0) is 15.6. The van der Waals surface area contributed by atoms with E-state index in [4.69, 9.17) is 0 Å². The lowest BCUT2D eigenvalue weighted by atomic mass is 10.3. The Bertz CT molecular complexity index is 952. The summed E-state index contributed by atoms with van der Waals surface area (Å²) in [6.45, 7) is 0.576. The van der Waals surface area contributed by atoms with Crippen LogP contribution in [-0.2, 0) is 11.3 Å². The fourth-order valence-electron chi connectivity index (χ4n) is 2.62. The molecular weight excluding hydrogens is 290 g/mol. The standard InChI is InChI=1S/C17H15N5O/c23-16(21-17-19-12-5-1-2-6-13(12)20-17)9-10-22-11-18-14-7-3-4-8-15(14)22/h1-8,11H,9-10H2,(H2,19,20,21,23). The van der Waals surface area contributed by atoms with E-state index < -0.39 is 0 Å². The van der Waals surface area contributed by atoms with E-state index in [1.54, 1.807) is 6.33 Å². The average Bonchev–Trinajstić information content (AvgIpc) is 3.16. The van der Waals surface area contributed by atoms with Gasteiger partial charge in [0.2, 0.25) is 11.9 Å². The number of nitrogens with one attached hydrogen (secondary N) is 2. The Kier molecular flexibility index (Phi) is 3.27. The van der Waals surface area contributed by atoms with Crippen molar-refractivity contribution in [3.63, 3.8) is 0 Å². The summed E-state index contributed by atoms with van der Waals surface area (Å²) >= 11 is 0. The van der Waals surface area contributed by atoms with Crippen molar-refractivity contribution in [2.45, 2.75) is 13.0 Å². The molecule has 1 amide bonds. The number of carbonyl (C=O) groups is 1. The van der Waals surface area contributed by atoms with Crippen LogP contribution >= 0.6 is 0 Å². The molecule has 0 aliphatic carbocycles. The Hall–Kier alpha value is -3.15. The minimum absolute atomic E-state index is 0.0816. The first-order valence-corrected chi connectivity index (χ1v) is 7.44. The maximum atomic E-state index is 12.1. The molecule has 2 aromatic heterocycles. The molecule has 2 N–H and O–H groups in total. The number of anilines is 1. The molecule has 0 bridgehead atoms. The first-order valence-electron chi connectivity index (χ1n) is 7.44. The molecule has 0 aliphatic heterocycles. The molecule has 0 unspecified atom stereocenters. The van der Waals surface area contributed by atoms with Gasteiger partial charge in [0.1, 0.15) is 0 Å². The van der Waals surface area contributed by atoms with Crippen molar-refractivity contribution >= 4 is 33.9 Å². The van der Waals surface area contributed by atoms with Crippen molar-refractivity contribution in [2.75, 3.05) is 5.32 Å². The van der Waals surface area contributed by atoms with Crippen LogP contribution < -0.4 is 5.32 Å². The topological polar surface area (TPSA) is 75.6 Å². The van der Waals surface area contributed by atoms with Crippen LogP contribution in [0, 0.1) is 0 Å². The van der Waals surface area contributed by atoms with Crippen molar-refractivity contribution < 1.29 is 4.79 Å². The van der Waals surface area contributed by atoms with Crippen LogP contribution in [0.25, 0.3) is 22.1 Å². The van der Waals surface area contributed by atoms with Crippen molar-refractivity contribution in [3.05, 3.63) is 54.9 Å². The zero-order valence-electron chi connectivity index (χ0n) is 12.4. The zero-order valence-corrected chi connectivity index (χ0v) is 12.4. The number of aryl methyl sites for hydroxylation is 1. The second-order valence-corrected chi connectivity index (χ2v) is 5.33. The molecule has 0 aliphatic rings. The number of hydrogen-bond acceptors (Lipinski definition) is 3. The molecule has 6 heteroatoms. The van der Waals surface area contributed by atoms with Gasteiger partial charge in [-0.1, -0.05) is 24.3 Å². The van der Waals surface area contributed by atoms with Gasteiger partial charge in [0.25, 0.3) is 0 Å². The lowest BCUT2D eigenvalue weighted by molar-refractivity contribution is -0.116. The van der Waals surface area contributed by atoms with Crippen molar-refractivity contribution in [3.8, 4) is 0 Å². The third-order valence-corrected chi connectivity index (χ3v) is 3.75. The lowest BCUT2D eigenvalue weighted by Gasteiger charge is -2.04. The Morgan fingerprint density at radius 2 is 1.87 bits per heavy atom. The van der Waals surface area contributed by atoms with Crippen LogP contribution in [0.15, 0.2) is 54.9 Å². The van der Waals surface area contributed by atoms with E-state index in [1.807, 2.05) is 53.1 Å². The minimum Gasteiger partial charge on any atom is -0.330 e. The van der Waals surface area contributed by atoms with E-state index >= 15 is 0 Å². The molecule has 0 fully saturated rings. The highest BCUT2D eigenvalue weighted by molar-refractivity contribution is 5.91. The molecule has 23 heavy (non-hydrogen) atoms. The number of hydrogen-bond donors (Lipinski definition) is 2. The Balaban J connectivity index is 1.43. The van der Waals surface area contributed by atoms with Crippen LogP contribution in [-0.4, -0.2) is 25.4 Å². The molecule has 4 rings (SSSR count). The minimum atomic E-state index is -0.0816. The highest BCUT2D eigenvalue weighted by atomic mass is 16.1. The van der Waals surface area contributed by atoms with E-state index in [9.17, 15) is 4.79 Å². The summed E-state index contributed by atoms with van der Waals surface area (Å²) in [5.41, 5.74) is 3.71. The second-order valence-electron chi connectivity index (χ2n) is 5.33. The normalized spacial score (nSPS) is 11.1. The highest BCUT2D eigenvalue weighted by Crippen LogP contribution is 2.14. The molecule has 4 aromatic rings. The number of fused-ring (bicyclic) bond motifs is 2. The Labute approximate surface area is 132 Å². The number of rotatable bonds is 4. The number of amides is 1. The Morgan fingerprint density at radius 3 is 2.74 bits per heavy atom. The number of aromatic amines is 1. The number of imidazole rings is 2. The largest absolute Gasteiger partial charge is 0.330 e. The van der Waals surface area contributed by atoms with Gasteiger partial charge in [-0.25, -0.2) is 9.97 Å². The summed E-state index contributed by atoms with van der Waals surface area (Å²) in [6.07, 6.45) is 2.12. The van der Waals surface area contributed by atoms with Crippen LogP contribution in [0.2, 0.25) is 0 Å². The molecule has 0 spiro atoms. The second kappa shape index (κ2) is 5.57. The van der Waals surface area contributed by atoms with E-state index in [1.165, 1.54) is 0 Å². The van der Waals surface area contributed by atoms with Crippen molar-refractivity contribution in [2.24, 2.45) is 0 Å². The number of benzene rings is 2. The summed E-state index contributed by atoms with van der Waals surface area (Å²) in [5, 5.41) is 2.80. The number of H-pyrrole nitrogens is 1. The lowest BCUT2D eigenvalue weighted by Crippen LogP contribution is -2.15. The molecule has 0 radical (unpaired) electrons. The summed E-state index contributed by atoms with van der Waals surface area (Å²) in [7, 11) is 0. The van der Waals surface area contributed by atoms with Gasteiger partial charge >= 0.3 is 0 Å². The summed E-state index contributed by atoms with van der Waals surface area (Å²) < 4.78 is 1.98.